The minimum Gasteiger partial charge on any atom is -0.283 e. The van der Waals surface area contributed by atoms with Crippen LogP contribution in [0.5, 0.6) is 0 Å². The van der Waals surface area contributed by atoms with Crippen molar-refractivity contribution < 1.29 is 25.6 Å². The third-order valence-electron chi connectivity index (χ3n) is 1.90. The van der Waals surface area contributed by atoms with Crippen LogP contribution in [0.25, 0.3) is 0 Å². The summed E-state index contributed by atoms with van der Waals surface area (Å²) in [5, 5.41) is 0. The molecule has 0 bridgehead atoms. The molecular formula is C8H8ClF2NO4S2. The van der Waals surface area contributed by atoms with Crippen LogP contribution in [0, 0.1) is 11.6 Å². The maximum atomic E-state index is 13.3. The van der Waals surface area contributed by atoms with Crippen LogP contribution in [-0.2, 0) is 19.1 Å². The fourth-order valence-electron chi connectivity index (χ4n) is 1.10. The van der Waals surface area contributed by atoms with Gasteiger partial charge in [0.05, 0.1) is 11.4 Å². The van der Waals surface area contributed by atoms with E-state index in [4.69, 9.17) is 10.7 Å². The molecule has 0 saturated heterocycles. The largest absolute Gasteiger partial charge is 0.283 e. The molecule has 1 aromatic carbocycles. The van der Waals surface area contributed by atoms with Gasteiger partial charge in [-0.15, -0.1) is 0 Å². The van der Waals surface area contributed by atoms with Crippen molar-refractivity contribution in [3.8, 4) is 0 Å². The molecule has 102 valence electrons. The first-order chi connectivity index (χ1) is 8.07. The molecule has 0 aliphatic carbocycles. The molecule has 0 aliphatic heterocycles. The van der Waals surface area contributed by atoms with E-state index in [0.717, 1.165) is 0 Å². The third kappa shape index (κ3) is 3.53. The minimum atomic E-state index is -4.59. The van der Waals surface area contributed by atoms with E-state index in [1.807, 2.05) is 4.72 Å². The Balaban J connectivity index is 3.33. The van der Waals surface area contributed by atoms with E-state index in [9.17, 15) is 25.6 Å². The van der Waals surface area contributed by atoms with E-state index >= 15 is 0 Å². The van der Waals surface area contributed by atoms with Gasteiger partial charge in [0.2, 0.25) is 10.0 Å². The summed E-state index contributed by atoms with van der Waals surface area (Å²) in [7, 11) is -3.47. The smallest absolute Gasteiger partial charge is 0.267 e. The van der Waals surface area contributed by atoms with Gasteiger partial charge in [-0.3, -0.25) is 4.72 Å². The minimum absolute atomic E-state index is 0.300. The fraction of sp³-hybridized carbons (Fsp3) is 0.250. The molecule has 18 heavy (non-hydrogen) atoms. The lowest BCUT2D eigenvalue weighted by atomic mass is 10.3. The highest BCUT2D eigenvalue weighted by Gasteiger charge is 2.23. The van der Waals surface area contributed by atoms with Crippen molar-refractivity contribution in [2.24, 2.45) is 0 Å². The van der Waals surface area contributed by atoms with E-state index in [0.29, 0.717) is 12.1 Å². The summed E-state index contributed by atoms with van der Waals surface area (Å²) in [5.41, 5.74) is -0.420. The molecule has 1 rings (SSSR count). The van der Waals surface area contributed by atoms with Crippen LogP contribution in [0.2, 0.25) is 0 Å². The number of sulfonamides is 1. The summed E-state index contributed by atoms with van der Waals surface area (Å²) < 4.78 is 72.7. The van der Waals surface area contributed by atoms with Crippen LogP contribution in [-0.4, -0.2) is 22.6 Å². The Hall–Kier alpha value is -0.930. The molecule has 5 nitrogen and oxygen atoms in total. The van der Waals surface area contributed by atoms with Gasteiger partial charge in [0.1, 0.15) is 11.6 Å². The lowest BCUT2D eigenvalue weighted by Crippen LogP contribution is -2.15. The van der Waals surface area contributed by atoms with Crippen LogP contribution in [0.4, 0.5) is 14.5 Å². The predicted octanol–water partition coefficient (Wildman–Crippen LogP) is 1.65. The van der Waals surface area contributed by atoms with E-state index in [1.54, 1.807) is 0 Å². The highest BCUT2D eigenvalue weighted by atomic mass is 35.7. The van der Waals surface area contributed by atoms with E-state index in [2.05, 4.69) is 0 Å². The van der Waals surface area contributed by atoms with E-state index in [1.165, 1.54) is 6.92 Å². The number of hydrogen-bond donors (Lipinski definition) is 1. The normalized spacial score (nSPS) is 12.4. The Morgan fingerprint density at radius 2 is 1.61 bits per heavy atom. The number of hydrogen-bond acceptors (Lipinski definition) is 4. The summed E-state index contributed by atoms with van der Waals surface area (Å²) in [4.78, 5) is -1.32. The molecule has 0 spiro atoms. The molecule has 0 saturated carbocycles. The lowest BCUT2D eigenvalue weighted by molar-refractivity contribution is 0.525. The molecule has 1 N–H and O–H groups in total. The summed E-state index contributed by atoms with van der Waals surface area (Å²) in [6, 6.07) is 1.07. The van der Waals surface area contributed by atoms with Crippen molar-refractivity contribution in [1.29, 1.82) is 0 Å². The topological polar surface area (TPSA) is 80.3 Å². The second kappa shape index (κ2) is 4.98. The molecule has 1 aromatic rings. The Morgan fingerprint density at radius 1 is 1.17 bits per heavy atom. The summed E-state index contributed by atoms with van der Waals surface area (Å²) in [6.45, 7) is 1.33. The number of anilines is 1. The first-order valence-corrected chi connectivity index (χ1v) is 8.47. The number of nitrogens with one attached hydrogen (secondary N) is 1. The number of benzene rings is 1. The Bertz CT molecular complexity index is 649. The first kappa shape index (κ1) is 15.1. The van der Waals surface area contributed by atoms with E-state index in [-0.39, 0.29) is 5.75 Å². The van der Waals surface area contributed by atoms with Crippen LogP contribution in [0.15, 0.2) is 17.0 Å². The van der Waals surface area contributed by atoms with Gasteiger partial charge >= 0.3 is 0 Å². The van der Waals surface area contributed by atoms with Gasteiger partial charge in [-0.2, -0.15) is 0 Å². The second-order valence-corrected chi connectivity index (χ2v) is 7.73. The van der Waals surface area contributed by atoms with Crippen molar-refractivity contribution >= 4 is 35.4 Å². The zero-order chi connectivity index (χ0) is 14.1. The predicted molar refractivity (Wildman–Crippen MR) is 62.5 cm³/mol. The maximum Gasteiger partial charge on any atom is 0.267 e. The zero-order valence-electron chi connectivity index (χ0n) is 8.95. The van der Waals surface area contributed by atoms with Gasteiger partial charge in [-0.1, -0.05) is 0 Å². The van der Waals surface area contributed by atoms with Crippen molar-refractivity contribution in [3.63, 3.8) is 0 Å². The zero-order valence-corrected chi connectivity index (χ0v) is 11.3. The average Bonchev–Trinajstić information content (AvgIpc) is 2.13. The highest BCUT2D eigenvalue weighted by molar-refractivity contribution is 8.13. The molecule has 0 aliphatic rings. The first-order valence-electron chi connectivity index (χ1n) is 4.51. The van der Waals surface area contributed by atoms with Crippen molar-refractivity contribution in [3.05, 3.63) is 23.8 Å². The molecular weight excluding hydrogens is 312 g/mol. The van der Waals surface area contributed by atoms with Crippen LogP contribution in [0.1, 0.15) is 6.92 Å². The molecule has 0 atom stereocenters. The summed E-state index contributed by atoms with van der Waals surface area (Å²) in [6.07, 6.45) is 0. The van der Waals surface area contributed by atoms with Gasteiger partial charge in [-0.05, 0) is 19.1 Å². The third-order valence-corrected chi connectivity index (χ3v) is 4.54. The van der Waals surface area contributed by atoms with Crippen LogP contribution >= 0.6 is 10.7 Å². The maximum absolute atomic E-state index is 13.3. The monoisotopic (exact) mass is 319 g/mol. The van der Waals surface area contributed by atoms with Crippen LogP contribution < -0.4 is 4.72 Å². The summed E-state index contributed by atoms with van der Waals surface area (Å²) in [5.74, 6) is -3.25. The van der Waals surface area contributed by atoms with Crippen molar-refractivity contribution in [1.82, 2.24) is 0 Å². The molecule has 0 amide bonds. The Morgan fingerprint density at radius 3 is 1.94 bits per heavy atom. The number of halogens is 3. The summed E-state index contributed by atoms with van der Waals surface area (Å²) >= 11 is 0. The molecule has 0 heterocycles. The van der Waals surface area contributed by atoms with Gasteiger partial charge < -0.3 is 0 Å². The van der Waals surface area contributed by atoms with Gasteiger partial charge in [0.25, 0.3) is 9.05 Å². The Kier molecular flexibility index (Phi) is 4.19. The second-order valence-electron chi connectivity index (χ2n) is 3.21. The quantitative estimate of drug-likeness (QED) is 0.856. The van der Waals surface area contributed by atoms with Crippen molar-refractivity contribution in [2.75, 3.05) is 10.5 Å². The molecule has 10 heteroatoms. The molecule has 0 aromatic heterocycles. The number of rotatable bonds is 4. The highest BCUT2D eigenvalue weighted by Crippen LogP contribution is 2.26. The van der Waals surface area contributed by atoms with Gasteiger partial charge in [0, 0.05) is 10.7 Å². The van der Waals surface area contributed by atoms with E-state index < -0.39 is 41.3 Å². The average molecular weight is 320 g/mol. The van der Waals surface area contributed by atoms with Gasteiger partial charge in [-0.25, -0.2) is 25.6 Å². The Labute approximate surface area is 107 Å². The lowest BCUT2D eigenvalue weighted by Gasteiger charge is -2.08. The molecule has 0 unspecified atom stereocenters. The fourth-order valence-corrected chi connectivity index (χ4v) is 2.75. The molecule has 0 fully saturated rings. The van der Waals surface area contributed by atoms with Crippen molar-refractivity contribution in [2.45, 2.75) is 11.8 Å². The molecule has 0 radical (unpaired) electrons. The standard InChI is InChI=1S/C8H8ClF2NO4S2/c1-2-17(13,14)12-5-3-6(10)8(7(11)4-5)18(9,15)16/h3-4,12H,2H2,1H3. The SMILES string of the molecule is CCS(=O)(=O)Nc1cc(F)c(S(=O)(=O)Cl)c(F)c1. The van der Waals surface area contributed by atoms with Crippen LogP contribution in [0.3, 0.4) is 0 Å². The van der Waals surface area contributed by atoms with Gasteiger partial charge in [0.15, 0.2) is 4.90 Å².